The molecule has 0 bridgehead atoms. The van der Waals surface area contributed by atoms with Gasteiger partial charge in [0.15, 0.2) is 0 Å². The molecule has 4 heteroatoms. The molecule has 2 amide bonds. The molecule has 0 aromatic carbocycles. The molecule has 1 fully saturated rings. The van der Waals surface area contributed by atoms with Gasteiger partial charge in [-0.3, -0.25) is 0 Å². The van der Waals surface area contributed by atoms with Gasteiger partial charge >= 0.3 is 6.03 Å². The number of piperidine rings is 1. The van der Waals surface area contributed by atoms with Crippen LogP contribution in [0.25, 0.3) is 0 Å². The predicted molar refractivity (Wildman–Crippen MR) is 52.4 cm³/mol. The van der Waals surface area contributed by atoms with Crippen LogP contribution in [0.3, 0.4) is 0 Å². The highest BCUT2D eigenvalue weighted by Crippen LogP contribution is 2.14. The van der Waals surface area contributed by atoms with Crippen molar-refractivity contribution in [2.75, 3.05) is 19.6 Å². The van der Waals surface area contributed by atoms with Crippen LogP contribution in [0.2, 0.25) is 0 Å². The van der Waals surface area contributed by atoms with Gasteiger partial charge in [-0.05, 0) is 19.3 Å². The van der Waals surface area contributed by atoms with Gasteiger partial charge in [-0.1, -0.05) is 6.92 Å². The van der Waals surface area contributed by atoms with Gasteiger partial charge in [0.2, 0.25) is 0 Å². The second kappa shape index (κ2) is 4.46. The lowest BCUT2D eigenvalue weighted by Crippen LogP contribution is -2.51. The predicted octanol–water partition coefficient (Wildman–Crippen LogP) is 0.385. The minimum absolute atomic E-state index is 0.0428. The number of urea groups is 1. The molecular weight excluding hydrogens is 166 g/mol. The fourth-order valence-electron chi connectivity index (χ4n) is 1.61. The summed E-state index contributed by atoms with van der Waals surface area (Å²) >= 11 is 0. The molecule has 1 aliphatic heterocycles. The van der Waals surface area contributed by atoms with Crippen molar-refractivity contribution in [1.82, 2.24) is 10.2 Å². The SMILES string of the molecule is CCNC(=O)N1CCC(N)C(C)C1. The lowest BCUT2D eigenvalue weighted by Gasteiger charge is -2.34. The smallest absolute Gasteiger partial charge is 0.317 e. The zero-order chi connectivity index (χ0) is 9.84. The molecule has 76 valence electrons. The highest BCUT2D eigenvalue weighted by Gasteiger charge is 2.25. The molecule has 1 heterocycles. The number of likely N-dealkylation sites (tertiary alicyclic amines) is 1. The molecule has 3 N–H and O–H groups in total. The van der Waals surface area contributed by atoms with E-state index in [9.17, 15) is 4.79 Å². The van der Waals surface area contributed by atoms with Gasteiger partial charge in [-0.2, -0.15) is 0 Å². The molecule has 0 spiro atoms. The molecule has 2 unspecified atom stereocenters. The van der Waals surface area contributed by atoms with Crippen molar-refractivity contribution >= 4 is 6.03 Å². The standard InChI is InChI=1S/C9H19N3O/c1-3-11-9(13)12-5-4-8(10)7(2)6-12/h7-8H,3-6,10H2,1-2H3,(H,11,13). The minimum Gasteiger partial charge on any atom is -0.338 e. The maximum atomic E-state index is 11.4. The third-order valence-corrected chi connectivity index (χ3v) is 2.59. The zero-order valence-corrected chi connectivity index (χ0v) is 8.42. The van der Waals surface area contributed by atoms with E-state index in [-0.39, 0.29) is 12.1 Å². The van der Waals surface area contributed by atoms with E-state index in [1.807, 2.05) is 11.8 Å². The molecule has 1 aliphatic rings. The molecule has 2 atom stereocenters. The Morgan fingerprint density at radius 1 is 1.69 bits per heavy atom. The Morgan fingerprint density at radius 2 is 2.38 bits per heavy atom. The average molecular weight is 185 g/mol. The second-order valence-electron chi connectivity index (χ2n) is 3.71. The Morgan fingerprint density at radius 3 is 2.92 bits per heavy atom. The van der Waals surface area contributed by atoms with Crippen LogP contribution in [-0.4, -0.2) is 36.6 Å². The number of carbonyl (C=O) groups excluding carboxylic acids is 1. The lowest BCUT2D eigenvalue weighted by molar-refractivity contribution is 0.161. The highest BCUT2D eigenvalue weighted by atomic mass is 16.2. The van der Waals surface area contributed by atoms with Crippen molar-refractivity contribution < 1.29 is 4.79 Å². The van der Waals surface area contributed by atoms with Gasteiger partial charge in [-0.15, -0.1) is 0 Å². The van der Waals surface area contributed by atoms with Crippen molar-refractivity contribution in [3.63, 3.8) is 0 Å². The lowest BCUT2D eigenvalue weighted by atomic mass is 9.95. The van der Waals surface area contributed by atoms with Crippen LogP contribution in [0.1, 0.15) is 20.3 Å². The number of rotatable bonds is 1. The molecule has 0 radical (unpaired) electrons. The molecule has 13 heavy (non-hydrogen) atoms. The fraction of sp³-hybridized carbons (Fsp3) is 0.889. The van der Waals surface area contributed by atoms with Crippen LogP contribution in [0.5, 0.6) is 0 Å². The van der Waals surface area contributed by atoms with Gasteiger partial charge in [0.25, 0.3) is 0 Å². The van der Waals surface area contributed by atoms with Gasteiger partial charge < -0.3 is 16.0 Å². The summed E-state index contributed by atoms with van der Waals surface area (Å²) in [5.41, 5.74) is 5.86. The molecule has 1 rings (SSSR count). The average Bonchev–Trinajstić information content (AvgIpc) is 2.10. The Bertz CT molecular complexity index is 184. The molecule has 0 aliphatic carbocycles. The maximum Gasteiger partial charge on any atom is 0.317 e. The topological polar surface area (TPSA) is 58.4 Å². The fourth-order valence-corrected chi connectivity index (χ4v) is 1.61. The Kier molecular flexibility index (Phi) is 3.54. The Balaban J connectivity index is 2.40. The van der Waals surface area contributed by atoms with E-state index in [1.165, 1.54) is 0 Å². The number of nitrogens with zero attached hydrogens (tertiary/aromatic N) is 1. The Labute approximate surface area is 79.5 Å². The normalized spacial score (nSPS) is 28.7. The largest absolute Gasteiger partial charge is 0.338 e. The van der Waals surface area contributed by atoms with Crippen LogP contribution in [0, 0.1) is 5.92 Å². The zero-order valence-electron chi connectivity index (χ0n) is 8.42. The summed E-state index contributed by atoms with van der Waals surface area (Å²) in [6.07, 6.45) is 0.915. The van der Waals surface area contributed by atoms with E-state index >= 15 is 0 Å². The number of hydrogen-bond donors (Lipinski definition) is 2. The summed E-state index contributed by atoms with van der Waals surface area (Å²) in [4.78, 5) is 13.3. The van der Waals surface area contributed by atoms with Crippen LogP contribution in [-0.2, 0) is 0 Å². The van der Waals surface area contributed by atoms with E-state index in [1.54, 1.807) is 0 Å². The van der Waals surface area contributed by atoms with Gasteiger partial charge in [0.1, 0.15) is 0 Å². The van der Waals surface area contributed by atoms with Gasteiger partial charge in [0.05, 0.1) is 0 Å². The molecule has 4 nitrogen and oxygen atoms in total. The first-order valence-electron chi connectivity index (χ1n) is 4.93. The van der Waals surface area contributed by atoms with Crippen LogP contribution in [0.4, 0.5) is 4.79 Å². The van der Waals surface area contributed by atoms with Crippen molar-refractivity contribution in [1.29, 1.82) is 0 Å². The van der Waals surface area contributed by atoms with Crippen LogP contribution >= 0.6 is 0 Å². The quantitative estimate of drug-likeness (QED) is 0.620. The van der Waals surface area contributed by atoms with Gasteiger partial charge in [-0.25, -0.2) is 4.79 Å². The third-order valence-electron chi connectivity index (χ3n) is 2.59. The van der Waals surface area contributed by atoms with E-state index in [0.29, 0.717) is 12.5 Å². The summed E-state index contributed by atoms with van der Waals surface area (Å²) in [6.45, 7) is 6.28. The van der Waals surface area contributed by atoms with Crippen molar-refractivity contribution in [2.45, 2.75) is 26.3 Å². The first-order valence-corrected chi connectivity index (χ1v) is 4.93. The minimum atomic E-state index is 0.0428. The number of carbonyl (C=O) groups is 1. The van der Waals surface area contributed by atoms with Gasteiger partial charge in [0, 0.05) is 25.7 Å². The molecule has 0 aromatic rings. The molecular formula is C9H19N3O. The van der Waals surface area contributed by atoms with Crippen LogP contribution in [0.15, 0.2) is 0 Å². The van der Waals surface area contributed by atoms with Crippen LogP contribution < -0.4 is 11.1 Å². The van der Waals surface area contributed by atoms with E-state index in [2.05, 4.69) is 12.2 Å². The second-order valence-corrected chi connectivity index (χ2v) is 3.71. The highest BCUT2D eigenvalue weighted by molar-refractivity contribution is 5.74. The monoisotopic (exact) mass is 185 g/mol. The summed E-state index contributed by atoms with van der Waals surface area (Å²) in [7, 11) is 0. The Hall–Kier alpha value is -0.770. The number of amides is 2. The summed E-state index contributed by atoms with van der Waals surface area (Å²) < 4.78 is 0. The van der Waals surface area contributed by atoms with E-state index in [4.69, 9.17) is 5.73 Å². The molecule has 0 aromatic heterocycles. The summed E-state index contributed by atoms with van der Waals surface area (Å²) in [5.74, 6) is 0.413. The summed E-state index contributed by atoms with van der Waals surface area (Å²) in [5, 5.41) is 2.80. The first-order chi connectivity index (χ1) is 6.15. The maximum absolute atomic E-state index is 11.4. The first kappa shape index (κ1) is 10.3. The third kappa shape index (κ3) is 2.59. The van der Waals surface area contributed by atoms with E-state index < -0.39 is 0 Å². The van der Waals surface area contributed by atoms with Crippen molar-refractivity contribution in [2.24, 2.45) is 11.7 Å². The van der Waals surface area contributed by atoms with Crippen molar-refractivity contribution in [3.05, 3.63) is 0 Å². The number of nitrogens with one attached hydrogen (secondary N) is 1. The van der Waals surface area contributed by atoms with E-state index in [0.717, 1.165) is 19.5 Å². The molecule has 0 saturated carbocycles. The summed E-state index contributed by atoms with van der Waals surface area (Å²) in [6, 6.07) is 0.298. The number of hydrogen-bond acceptors (Lipinski definition) is 2. The number of nitrogens with two attached hydrogens (primary N) is 1. The molecule has 1 saturated heterocycles. The van der Waals surface area contributed by atoms with Crippen molar-refractivity contribution in [3.8, 4) is 0 Å².